The van der Waals surface area contributed by atoms with Crippen molar-refractivity contribution in [1.82, 2.24) is 20.0 Å². The number of aromatic hydroxyl groups is 1. The average molecular weight is 569 g/mol. The van der Waals surface area contributed by atoms with Crippen molar-refractivity contribution < 1.29 is 24.3 Å². The van der Waals surface area contributed by atoms with Crippen molar-refractivity contribution in [3.63, 3.8) is 0 Å². The fourth-order valence-electron chi connectivity index (χ4n) is 6.71. The molecule has 3 aliphatic rings. The zero-order valence-corrected chi connectivity index (χ0v) is 24.9. The van der Waals surface area contributed by atoms with Crippen LogP contribution in [-0.2, 0) is 25.6 Å². The Balaban J connectivity index is 1.28. The van der Waals surface area contributed by atoms with Gasteiger partial charge in [0, 0.05) is 38.8 Å². The molecule has 1 aromatic carbocycles. The summed E-state index contributed by atoms with van der Waals surface area (Å²) in [7, 11) is 0. The smallest absolute Gasteiger partial charge is 0.312 e. The molecule has 41 heavy (non-hydrogen) atoms. The molecule has 0 bridgehead atoms. The van der Waals surface area contributed by atoms with Crippen LogP contribution in [0.3, 0.4) is 0 Å². The summed E-state index contributed by atoms with van der Waals surface area (Å²) in [5.74, 6) is -0.563. The molecule has 2 atom stereocenters. The molecule has 1 aliphatic carbocycles. The zero-order valence-electron chi connectivity index (χ0n) is 24.9. The Morgan fingerprint density at radius 3 is 2.24 bits per heavy atom. The van der Waals surface area contributed by atoms with Crippen LogP contribution < -0.4 is 5.32 Å². The van der Waals surface area contributed by atoms with E-state index in [-0.39, 0.29) is 17.8 Å². The number of nitrogens with one attached hydrogen (secondary N) is 1. The van der Waals surface area contributed by atoms with Gasteiger partial charge in [-0.05, 0) is 68.1 Å². The van der Waals surface area contributed by atoms with Crippen molar-refractivity contribution in [1.29, 1.82) is 0 Å². The molecule has 2 saturated heterocycles. The van der Waals surface area contributed by atoms with Gasteiger partial charge in [-0.2, -0.15) is 0 Å². The molecule has 0 unspecified atom stereocenters. The summed E-state index contributed by atoms with van der Waals surface area (Å²) in [6.07, 6.45) is 11.0. The molecular formula is C32H48N4O5. The summed E-state index contributed by atoms with van der Waals surface area (Å²) in [4.78, 5) is 56.3. The van der Waals surface area contributed by atoms with Crippen LogP contribution >= 0.6 is 0 Å². The first-order chi connectivity index (χ1) is 19.7. The third-order valence-electron chi connectivity index (χ3n) is 9.04. The van der Waals surface area contributed by atoms with Crippen molar-refractivity contribution in [3.05, 3.63) is 29.8 Å². The molecule has 0 radical (unpaired) electrons. The zero-order chi connectivity index (χ0) is 29.4. The molecule has 9 heteroatoms. The lowest BCUT2D eigenvalue weighted by molar-refractivity contribution is -0.159. The molecule has 3 fully saturated rings. The SMILES string of the molecule is CC(C)C[C@@H]1CN(CCCC[C@H]2CNC(=O)C(=O)N2CCC2CCCCC2)C(=O)C(=O)N1CCc1ccc(O)cc1. The topological polar surface area (TPSA) is 110 Å². The van der Waals surface area contributed by atoms with E-state index >= 15 is 0 Å². The summed E-state index contributed by atoms with van der Waals surface area (Å²) < 4.78 is 0. The Hall–Kier alpha value is -3.10. The van der Waals surface area contributed by atoms with Crippen LogP contribution in [0.4, 0.5) is 0 Å². The molecule has 0 spiro atoms. The number of hydrogen-bond acceptors (Lipinski definition) is 5. The highest BCUT2D eigenvalue weighted by molar-refractivity contribution is 6.36. The highest BCUT2D eigenvalue weighted by atomic mass is 16.3. The normalized spacial score (nSPS) is 22.6. The average Bonchev–Trinajstić information content (AvgIpc) is 2.96. The van der Waals surface area contributed by atoms with E-state index in [1.807, 2.05) is 12.1 Å². The van der Waals surface area contributed by atoms with Crippen molar-refractivity contribution in [2.24, 2.45) is 11.8 Å². The van der Waals surface area contributed by atoms with Crippen LogP contribution in [0.2, 0.25) is 0 Å². The Morgan fingerprint density at radius 1 is 0.829 bits per heavy atom. The predicted octanol–water partition coefficient (Wildman–Crippen LogP) is 3.49. The van der Waals surface area contributed by atoms with E-state index in [1.54, 1.807) is 26.8 Å². The predicted molar refractivity (Wildman–Crippen MR) is 157 cm³/mol. The van der Waals surface area contributed by atoms with Gasteiger partial charge in [0.05, 0.1) is 6.04 Å². The van der Waals surface area contributed by atoms with Gasteiger partial charge < -0.3 is 25.1 Å². The van der Waals surface area contributed by atoms with Crippen molar-refractivity contribution in [2.75, 3.05) is 32.7 Å². The van der Waals surface area contributed by atoms with Gasteiger partial charge in [0.15, 0.2) is 0 Å². The quantitative estimate of drug-likeness (QED) is 0.280. The highest BCUT2D eigenvalue weighted by Gasteiger charge is 2.39. The van der Waals surface area contributed by atoms with Gasteiger partial charge in [-0.25, -0.2) is 0 Å². The lowest BCUT2D eigenvalue weighted by atomic mass is 9.86. The molecule has 2 N–H and O–H groups in total. The number of piperazine rings is 2. The molecule has 4 amide bonds. The van der Waals surface area contributed by atoms with Crippen LogP contribution in [0.5, 0.6) is 5.75 Å². The first-order valence-electron chi connectivity index (χ1n) is 15.7. The van der Waals surface area contributed by atoms with Gasteiger partial charge in [-0.15, -0.1) is 0 Å². The maximum absolute atomic E-state index is 13.2. The second-order valence-corrected chi connectivity index (χ2v) is 12.6. The van der Waals surface area contributed by atoms with Gasteiger partial charge in [0.25, 0.3) is 0 Å². The number of benzene rings is 1. The van der Waals surface area contributed by atoms with E-state index in [1.165, 1.54) is 32.1 Å². The molecule has 1 aromatic rings. The number of unbranched alkanes of at least 4 members (excludes halogenated alkanes) is 1. The molecule has 4 rings (SSSR count). The molecule has 226 valence electrons. The number of phenolic OH excluding ortho intramolecular Hbond substituents is 1. The largest absolute Gasteiger partial charge is 0.508 e. The molecule has 0 aromatic heterocycles. The minimum atomic E-state index is -0.506. The number of rotatable bonds is 13. The second-order valence-electron chi connectivity index (χ2n) is 12.6. The molecule has 9 nitrogen and oxygen atoms in total. The highest BCUT2D eigenvalue weighted by Crippen LogP contribution is 2.27. The van der Waals surface area contributed by atoms with Crippen LogP contribution in [-0.4, -0.2) is 88.2 Å². The second kappa shape index (κ2) is 14.7. The number of hydrogen-bond donors (Lipinski definition) is 2. The lowest BCUT2D eigenvalue weighted by Gasteiger charge is -2.41. The third-order valence-corrected chi connectivity index (χ3v) is 9.04. The number of carbonyl (C=O) groups excluding carboxylic acids is 4. The first kappa shape index (κ1) is 30.8. The van der Waals surface area contributed by atoms with E-state index in [9.17, 15) is 24.3 Å². The van der Waals surface area contributed by atoms with Gasteiger partial charge in [0.2, 0.25) is 0 Å². The summed E-state index contributed by atoms with van der Waals surface area (Å²) in [5, 5.41) is 12.3. The molecule has 2 aliphatic heterocycles. The first-order valence-corrected chi connectivity index (χ1v) is 15.7. The van der Waals surface area contributed by atoms with Crippen molar-refractivity contribution in [3.8, 4) is 5.75 Å². The summed E-state index contributed by atoms with van der Waals surface area (Å²) in [6, 6.07) is 6.92. The van der Waals surface area contributed by atoms with Gasteiger partial charge in [-0.3, -0.25) is 19.2 Å². The molecule has 2 heterocycles. The van der Waals surface area contributed by atoms with Gasteiger partial charge in [-0.1, -0.05) is 58.1 Å². The lowest BCUT2D eigenvalue weighted by Crippen LogP contribution is -2.60. The maximum Gasteiger partial charge on any atom is 0.312 e. The minimum Gasteiger partial charge on any atom is -0.508 e. The summed E-state index contributed by atoms with van der Waals surface area (Å²) in [6.45, 7) is 6.89. The molecular weight excluding hydrogens is 520 g/mol. The van der Waals surface area contributed by atoms with E-state index in [2.05, 4.69) is 19.2 Å². The number of nitrogens with zero attached hydrogens (tertiary/aromatic N) is 3. The van der Waals surface area contributed by atoms with Crippen LogP contribution in [0.15, 0.2) is 24.3 Å². The maximum atomic E-state index is 13.2. The Labute approximate surface area is 244 Å². The van der Waals surface area contributed by atoms with Gasteiger partial charge >= 0.3 is 23.6 Å². The number of phenols is 1. The van der Waals surface area contributed by atoms with Crippen LogP contribution in [0, 0.1) is 11.8 Å². The van der Waals surface area contributed by atoms with E-state index in [0.717, 1.165) is 37.7 Å². The van der Waals surface area contributed by atoms with Crippen molar-refractivity contribution in [2.45, 2.75) is 96.6 Å². The minimum absolute atomic E-state index is 0.0217. The monoisotopic (exact) mass is 568 g/mol. The fraction of sp³-hybridized carbons (Fsp3) is 0.688. The summed E-state index contributed by atoms with van der Waals surface area (Å²) >= 11 is 0. The number of carbonyl (C=O) groups is 4. The molecule has 1 saturated carbocycles. The van der Waals surface area contributed by atoms with Crippen LogP contribution in [0.1, 0.15) is 83.6 Å². The summed E-state index contributed by atoms with van der Waals surface area (Å²) in [5.41, 5.74) is 1.01. The van der Waals surface area contributed by atoms with Crippen molar-refractivity contribution >= 4 is 23.6 Å². The van der Waals surface area contributed by atoms with Gasteiger partial charge in [0.1, 0.15) is 5.75 Å². The Morgan fingerprint density at radius 2 is 1.54 bits per heavy atom. The van der Waals surface area contributed by atoms with E-state index < -0.39 is 23.6 Å². The van der Waals surface area contributed by atoms with E-state index in [4.69, 9.17) is 0 Å². The Kier molecular flexibility index (Phi) is 11.1. The third kappa shape index (κ3) is 8.46. The fourth-order valence-corrected chi connectivity index (χ4v) is 6.71. The standard InChI is InChI=1S/C32H48N4O5/c1-23(2)20-27-22-34(31(40)32(41)36(27)19-16-25-11-13-28(37)14-12-25)17-7-6-10-26-21-33-29(38)30(39)35(26)18-15-24-8-4-3-5-9-24/h11-14,23-24,26-27,37H,3-10,15-22H2,1-2H3,(H,33,38)/t26-,27+/m0/s1. The van der Waals surface area contributed by atoms with Crippen LogP contribution in [0.25, 0.3) is 0 Å². The van der Waals surface area contributed by atoms with E-state index in [0.29, 0.717) is 51.0 Å². The number of amides is 4. The Bertz CT molecular complexity index is 1050.